The van der Waals surface area contributed by atoms with E-state index < -0.39 is 31.8 Å². The molecule has 1 aromatic heterocycles. The molecule has 1 aromatic carbocycles. The lowest BCUT2D eigenvalue weighted by Crippen LogP contribution is -2.40. The monoisotopic (exact) mass is 329 g/mol. The number of aliphatic hydroxyl groups excluding tert-OH is 1. The molecule has 1 N–H and O–H groups in total. The van der Waals surface area contributed by atoms with Gasteiger partial charge in [0.05, 0.1) is 6.61 Å². The molecule has 0 fully saturated rings. The van der Waals surface area contributed by atoms with Gasteiger partial charge in [-0.3, -0.25) is 4.79 Å². The predicted octanol–water partition coefficient (Wildman–Crippen LogP) is 2.04. The van der Waals surface area contributed by atoms with Crippen molar-refractivity contribution in [1.82, 2.24) is 15.0 Å². The molecule has 0 bridgehead atoms. The molecule has 0 saturated heterocycles. The van der Waals surface area contributed by atoms with Crippen LogP contribution in [-0.2, 0) is 0 Å². The molecular weight excluding hydrogens is 315 g/mol. The van der Waals surface area contributed by atoms with Crippen LogP contribution in [0.15, 0.2) is 28.8 Å². The lowest BCUT2D eigenvalue weighted by atomic mass is 10.1. The van der Waals surface area contributed by atoms with E-state index in [2.05, 4.69) is 10.1 Å². The molecule has 0 radical (unpaired) electrons. The van der Waals surface area contributed by atoms with Crippen LogP contribution < -0.4 is 0 Å². The van der Waals surface area contributed by atoms with Crippen molar-refractivity contribution in [1.29, 1.82) is 0 Å². The van der Waals surface area contributed by atoms with Crippen LogP contribution in [0.1, 0.15) is 16.2 Å². The number of aromatic nitrogens is 2. The fourth-order valence-electron chi connectivity index (χ4n) is 1.98. The molecule has 0 atom stereocenters. The van der Waals surface area contributed by atoms with E-state index in [0.29, 0.717) is 16.4 Å². The number of aryl methyl sites for hydroxylation is 1. The Morgan fingerprint density at radius 1 is 1.39 bits per heavy atom. The van der Waals surface area contributed by atoms with Gasteiger partial charge in [-0.1, -0.05) is 17.3 Å². The number of nitrogens with zero attached hydrogens (tertiary/aromatic N) is 3. The fraction of sp³-hybridized carbons (Fsp3) is 0.357. The third-order valence-corrected chi connectivity index (χ3v) is 2.92. The van der Waals surface area contributed by atoms with Gasteiger partial charge in [-0.2, -0.15) is 18.2 Å². The third kappa shape index (κ3) is 4.52. The SMILES string of the molecule is Cc1nc(-c2cccc(C(=O)N(CCO)CC(F)(F)F)c2)no1. The molecule has 6 nitrogen and oxygen atoms in total. The van der Waals surface area contributed by atoms with E-state index in [0.717, 1.165) is 0 Å². The summed E-state index contributed by atoms with van der Waals surface area (Å²) in [4.78, 5) is 16.8. The zero-order valence-electron chi connectivity index (χ0n) is 12.2. The predicted molar refractivity (Wildman–Crippen MR) is 73.5 cm³/mol. The second-order valence-corrected chi connectivity index (χ2v) is 4.78. The summed E-state index contributed by atoms with van der Waals surface area (Å²) >= 11 is 0. The number of aliphatic hydroxyl groups is 1. The summed E-state index contributed by atoms with van der Waals surface area (Å²) in [5, 5.41) is 12.6. The van der Waals surface area contributed by atoms with Gasteiger partial charge in [0.1, 0.15) is 6.54 Å². The first kappa shape index (κ1) is 16.9. The van der Waals surface area contributed by atoms with Gasteiger partial charge >= 0.3 is 6.18 Å². The number of rotatable bonds is 5. The summed E-state index contributed by atoms with van der Waals surface area (Å²) in [6.07, 6.45) is -4.55. The van der Waals surface area contributed by atoms with Gasteiger partial charge in [-0.25, -0.2) is 0 Å². The highest BCUT2D eigenvalue weighted by Crippen LogP contribution is 2.21. The summed E-state index contributed by atoms with van der Waals surface area (Å²) in [5.74, 6) is -0.268. The summed E-state index contributed by atoms with van der Waals surface area (Å²) in [5.41, 5.74) is 0.492. The van der Waals surface area contributed by atoms with Gasteiger partial charge < -0.3 is 14.5 Å². The van der Waals surface area contributed by atoms with Crippen LogP contribution in [0.3, 0.4) is 0 Å². The van der Waals surface area contributed by atoms with Crippen molar-refractivity contribution in [2.75, 3.05) is 19.7 Å². The van der Waals surface area contributed by atoms with Crippen molar-refractivity contribution < 1.29 is 27.6 Å². The zero-order valence-corrected chi connectivity index (χ0v) is 12.2. The van der Waals surface area contributed by atoms with Crippen LogP contribution in [0.5, 0.6) is 0 Å². The van der Waals surface area contributed by atoms with Crippen LogP contribution >= 0.6 is 0 Å². The molecule has 23 heavy (non-hydrogen) atoms. The van der Waals surface area contributed by atoms with Crippen molar-refractivity contribution in [3.63, 3.8) is 0 Å². The molecule has 1 amide bonds. The van der Waals surface area contributed by atoms with Crippen molar-refractivity contribution in [3.8, 4) is 11.4 Å². The van der Waals surface area contributed by atoms with E-state index in [1.807, 2.05) is 0 Å². The average molecular weight is 329 g/mol. The Hall–Kier alpha value is -2.42. The average Bonchev–Trinajstić information content (AvgIpc) is 2.91. The number of carbonyl (C=O) groups is 1. The Balaban J connectivity index is 2.27. The normalized spacial score (nSPS) is 11.5. The minimum Gasteiger partial charge on any atom is -0.395 e. The van der Waals surface area contributed by atoms with Crippen LogP contribution in [0.2, 0.25) is 0 Å². The second-order valence-electron chi connectivity index (χ2n) is 4.78. The minimum absolute atomic E-state index is 0.0441. The highest BCUT2D eigenvalue weighted by molar-refractivity contribution is 5.95. The first-order valence-electron chi connectivity index (χ1n) is 6.68. The molecule has 0 aliphatic carbocycles. The molecule has 0 unspecified atom stereocenters. The topological polar surface area (TPSA) is 79.5 Å². The zero-order chi connectivity index (χ0) is 17.0. The Morgan fingerprint density at radius 2 is 2.13 bits per heavy atom. The number of halogens is 3. The van der Waals surface area contributed by atoms with Crippen LogP contribution in [0, 0.1) is 6.92 Å². The molecule has 9 heteroatoms. The lowest BCUT2D eigenvalue weighted by Gasteiger charge is -2.23. The first-order valence-corrected chi connectivity index (χ1v) is 6.68. The smallest absolute Gasteiger partial charge is 0.395 e. The molecule has 0 aliphatic rings. The van der Waals surface area contributed by atoms with Gasteiger partial charge in [0.15, 0.2) is 0 Å². The van der Waals surface area contributed by atoms with Gasteiger partial charge in [-0.15, -0.1) is 0 Å². The maximum atomic E-state index is 12.5. The van der Waals surface area contributed by atoms with Crippen molar-refractivity contribution in [2.24, 2.45) is 0 Å². The van der Waals surface area contributed by atoms with Crippen LogP contribution in [0.25, 0.3) is 11.4 Å². The van der Waals surface area contributed by atoms with Crippen LogP contribution in [-0.4, -0.2) is 51.9 Å². The molecule has 2 aromatic rings. The fourth-order valence-corrected chi connectivity index (χ4v) is 1.98. The van der Waals surface area contributed by atoms with E-state index in [1.165, 1.54) is 18.2 Å². The van der Waals surface area contributed by atoms with Gasteiger partial charge in [0.25, 0.3) is 5.91 Å². The number of hydrogen-bond donors (Lipinski definition) is 1. The molecule has 2 rings (SSSR count). The van der Waals surface area contributed by atoms with Crippen LogP contribution in [0.4, 0.5) is 13.2 Å². The molecule has 0 aliphatic heterocycles. The number of benzene rings is 1. The largest absolute Gasteiger partial charge is 0.406 e. The summed E-state index contributed by atoms with van der Waals surface area (Å²) in [7, 11) is 0. The molecule has 0 saturated carbocycles. The molecular formula is C14H14F3N3O3. The molecule has 1 heterocycles. The Kier molecular flexibility index (Phi) is 4.99. The van der Waals surface area contributed by atoms with Gasteiger partial charge in [0, 0.05) is 24.6 Å². The Labute approximate surface area is 129 Å². The highest BCUT2D eigenvalue weighted by atomic mass is 19.4. The number of hydrogen-bond acceptors (Lipinski definition) is 5. The quantitative estimate of drug-likeness (QED) is 0.908. The summed E-state index contributed by atoms with van der Waals surface area (Å²) in [6, 6.07) is 5.90. The third-order valence-electron chi connectivity index (χ3n) is 2.92. The van der Waals surface area contributed by atoms with E-state index in [4.69, 9.17) is 9.63 Å². The Morgan fingerprint density at radius 3 is 2.70 bits per heavy atom. The standard InChI is InChI=1S/C14H14F3N3O3/c1-9-18-12(19-23-9)10-3-2-4-11(7-10)13(22)20(5-6-21)8-14(15,16)17/h2-4,7,21H,5-6,8H2,1H3. The number of amides is 1. The van der Waals surface area contributed by atoms with Crippen molar-refractivity contribution in [3.05, 3.63) is 35.7 Å². The van der Waals surface area contributed by atoms with Gasteiger partial charge in [-0.05, 0) is 12.1 Å². The maximum absolute atomic E-state index is 12.5. The lowest BCUT2D eigenvalue weighted by molar-refractivity contribution is -0.141. The Bertz CT molecular complexity index is 685. The minimum atomic E-state index is -4.55. The van der Waals surface area contributed by atoms with E-state index in [1.54, 1.807) is 13.0 Å². The van der Waals surface area contributed by atoms with Crippen molar-refractivity contribution >= 4 is 5.91 Å². The van der Waals surface area contributed by atoms with E-state index in [9.17, 15) is 18.0 Å². The summed E-state index contributed by atoms with van der Waals surface area (Å²) < 4.78 is 42.5. The van der Waals surface area contributed by atoms with E-state index in [-0.39, 0.29) is 11.4 Å². The second kappa shape index (κ2) is 6.78. The van der Waals surface area contributed by atoms with Gasteiger partial charge in [0.2, 0.25) is 11.7 Å². The molecule has 124 valence electrons. The highest BCUT2D eigenvalue weighted by Gasteiger charge is 2.33. The molecule has 0 spiro atoms. The first-order chi connectivity index (χ1) is 10.8. The number of alkyl halides is 3. The number of carbonyl (C=O) groups excluding carboxylic acids is 1. The maximum Gasteiger partial charge on any atom is 0.406 e. The van der Waals surface area contributed by atoms with E-state index >= 15 is 0 Å². The summed E-state index contributed by atoms with van der Waals surface area (Å²) in [6.45, 7) is -0.814. The van der Waals surface area contributed by atoms with Crippen molar-refractivity contribution in [2.45, 2.75) is 13.1 Å².